The lowest BCUT2D eigenvalue weighted by molar-refractivity contribution is -0.123. The Morgan fingerprint density at radius 2 is 2.25 bits per heavy atom. The molecular weight excluding hydrogens is 268 g/mol. The zero-order chi connectivity index (χ0) is 14.3. The molecule has 5 nitrogen and oxygen atoms in total. The van der Waals surface area contributed by atoms with E-state index < -0.39 is 17.7 Å². The normalized spacial score (nSPS) is 25.3. The van der Waals surface area contributed by atoms with Gasteiger partial charge in [0.15, 0.2) is 5.82 Å². The molecule has 7 heteroatoms. The second kappa shape index (κ2) is 4.81. The molecule has 2 unspecified atom stereocenters. The molecule has 0 aromatic carbocycles. The number of pyridine rings is 1. The molecule has 1 aromatic rings. The Kier molecular flexibility index (Phi) is 3.11. The third-order valence-corrected chi connectivity index (χ3v) is 3.94. The van der Waals surface area contributed by atoms with Crippen molar-refractivity contribution in [2.75, 3.05) is 13.1 Å². The Hall–Kier alpha value is -2.05. The van der Waals surface area contributed by atoms with Crippen molar-refractivity contribution >= 4 is 11.8 Å². The van der Waals surface area contributed by atoms with Gasteiger partial charge in [-0.1, -0.05) is 0 Å². The van der Waals surface area contributed by atoms with Crippen LogP contribution < -0.4 is 5.32 Å². The first kappa shape index (κ1) is 13.0. The first-order chi connectivity index (χ1) is 9.59. The van der Waals surface area contributed by atoms with Crippen LogP contribution in [0.25, 0.3) is 0 Å². The molecule has 1 aromatic heterocycles. The highest BCUT2D eigenvalue weighted by Gasteiger charge is 2.43. The molecule has 2 aliphatic heterocycles. The molecule has 2 saturated heterocycles. The number of amides is 2. The summed E-state index contributed by atoms with van der Waals surface area (Å²) < 4.78 is 26.8. The van der Waals surface area contributed by atoms with Crippen molar-refractivity contribution in [2.24, 2.45) is 5.92 Å². The lowest BCUT2D eigenvalue weighted by Gasteiger charge is -2.35. The molecule has 0 bridgehead atoms. The van der Waals surface area contributed by atoms with Crippen LogP contribution in [0.1, 0.15) is 23.2 Å². The van der Waals surface area contributed by atoms with Gasteiger partial charge in [-0.3, -0.25) is 9.59 Å². The summed E-state index contributed by atoms with van der Waals surface area (Å²) in [6.07, 6.45) is 2.45. The number of halogens is 2. The van der Waals surface area contributed by atoms with Gasteiger partial charge in [-0.25, -0.2) is 9.37 Å². The van der Waals surface area contributed by atoms with Crippen molar-refractivity contribution in [3.63, 3.8) is 0 Å². The topological polar surface area (TPSA) is 62.3 Å². The van der Waals surface area contributed by atoms with E-state index >= 15 is 0 Å². The number of likely N-dealkylation sites (tertiary alicyclic amines) is 1. The lowest BCUT2D eigenvalue weighted by Crippen LogP contribution is -2.49. The third kappa shape index (κ3) is 1.93. The molecule has 0 aliphatic carbocycles. The summed E-state index contributed by atoms with van der Waals surface area (Å²) in [4.78, 5) is 28.6. The van der Waals surface area contributed by atoms with Crippen LogP contribution in [-0.4, -0.2) is 40.8 Å². The zero-order valence-electron chi connectivity index (χ0n) is 10.6. The summed E-state index contributed by atoms with van der Waals surface area (Å²) in [6.45, 7) is 0.808. The zero-order valence-corrected chi connectivity index (χ0v) is 10.6. The van der Waals surface area contributed by atoms with Crippen LogP contribution in [0, 0.1) is 17.7 Å². The predicted octanol–water partition coefficient (Wildman–Crippen LogP) is 0.710. The number of carbonyl (C=O) groups excluding carboxylic acids is 2. The van der Waals surface area contributed by atoms with Gasteiger partial charge in [0.2, 0.25) is 11.9 Å². The second-order valence-electron chi connectivity index (χ2n) is 5.02. The number of aromatic nitrogens is 1. The van der Waals surface area contributed by atoms with Crippen molar-refractivity contribution in [1.29, 1.82) is 0 Å². The fourth-order valence-corrected chi connectivity index (χ4v) is 2.94. The molecule has 3 heterocycles. The summed E-state index contributed by atoms with van der Waals surface area (Å²) in [7, 11) is 0. The number of rotatable bonds is 1. The van der Waals surface area contributed by atoms with Gasteiger partial charge in [-0.2, -0.15) is 4.39 Å². The van der Waals surface area contributed by atoms with Gasteiger partial charge in [0.05, 0.1) is 17.5 Å². The Morgan fingerprint density at radius 3 is 3.05 bits per heavy atom. The van der Waals surface area contributed by atoms with Gasteiger partial charge in [-0.05, 0) is 18.9 Å². The SMILES string of the molecule is O=C1NCC2C1CCCN2C(=O)c1ccnc(F)c1F. The molecule has 2 fully saturated rings. The minimum absolute atomic E-state index is 0.0751. The van der Waals surface area contributed by atoms with Crippen LogP contribution in [-0.2, 0) is 4.79 Å². The first-order valence-corrected chi connectivity index (χ1v) is 6.48. The van der Waals surface area contributed by atoms with Gasteiger partial charge in [-0.15, -0.1) is 0 Å². The fraction of sp³-hybridized carbons (Fsp3) is 0.462. The van der Waals surface area contributed by atoms with E-state index in [-0.39, 0.29) is 23.4 Å². The molecule has 2 aliphatic rings. The van der Waals surface area contributed by atoms with Crippen molar-refractivity contribution < 1.29 is 18.4 Å². The van der Waals surface area contributed by atoms with E-state index in [0.717, 1.165) is 12.3 Å². The van der Waals surface area contributed by atoms with Crippen molar-refractivity contribution in [3.05, 3.63) is 29.6 Å². The molecule has 20 heavy (non-hydrogen) atoms. The predicted molar refractivity (Wildman–Crippen MR) is 64.7 cm³/mol. The minimum atomic E-state index is -1.29. The maximum absolute atomic E-state index is 13.7. The third-order valence-electron chi connectivity index (χ3n) is 3.94. The van der Waals surface area contributed by atoms with Crippen LogP contribution >= 0.6 is 0 Å². The molecule has 1 N–H and O–H groups in total. The Bertz CT molecular complexity index is 579. The minimum Gasteiger partial charge on any atom is -0.354 e. The summed E-state index contributed by atoms with van der Waals surface area (Å²) in [5, 5.41) is 2.71. The average molecular weight is 281 g/mol. The molecular formula is C13H13F2N3O2. The average Bonchev–Trinajstić information content (AvgIpc) is 2.83. The van der Waals surface area contributed by atoms with Gasteiger partial charge >= 0.3 is 0 Å². The maximum atomic E-state index is 13.7. The molecule has 0 saturated carbocycles. The number of nitrogens with one attached hydrogen (secondary N) is 1. The van der Waals surface area contributed by atoms with Gasteiger partial charge in [0.1, 0.15) is 0 Å². The van der Waals surface area contributed by atoms with Crippen LogP contribution in [0.2, 0.25) is 0 Å². The number of hydrogen-bond donors (Lipinski definition) is 1. The highest BCUT2D eigenvalue weighted by atomic mass is 19.2. The second-order valence-corrected chi connectivity index (χ2v) is 5.02. The molecule has 2 atom stereocenters. The molecule has 106 valence electrons. The summed E-state index contributed by atoms with van der Waals surface area (Å²) >= 11 is 0. The molecule has 0 spiro atoms. The van der Waals surface area contributed by atoms with E-state index in [9.17, 15) is 18.4 Å². The summed E-state index contributed by atoms with van der Waals surface area (Å²) in [5.41, 5.74) is -0.336. The Labute approximate surface area is 114 Å². The first-order valence-electron chi connectivity index (χ1n) is 6.48. The fourth-order valence-electron chi connectivity index (χ4n) is 2.94. The van der Waals surface area contributed by atoms with Crippen LogP contribution in [0.4, 0.5) is 8.78 Å². The monoisotopic (exact) mass is 281 g/mol. The van der Waals surface area contributed by atoms with E-state index in [2.05, 4.69) is 10.3 Å². The van der Waals surface area contributed by atoms with Gasteiger partial charge < -0.3 is 10.2 Å². The van der Waals surface area contributed by atoms with E-state index in [1.165, 1.54) is 4.90 Å². The maximum Gasteiger partial charge on any atom is 0.257 e. The van der Waals surface area contributed by atoms with Crippen LogP contribution in [0.15, 0.2) is 12.3 Å². The number of carbonyl (C=O) groups is 2. The van der Waals surface area contributed by atoms with Gasteiger partial charge in [0.25, 0.3) is 5.91 Å². The number of hydrogen-bond acceptors (Lipinski definition) is 3. The van der Waals surface area contributed by atoms with Crippen LogP contribution in [0.5, 0.6) is 0 Å². The number of nitrogens with zero attached hydrogens (tertiary/aromatic N) is 2. The van der Waals surface area contributed by atoms with Crippen molar-refractivity contribution in [1.82, 2.24) is 15.2 Å². The van der Waals surface area contributed by atoms with E-state index in [1.807, 2.05) is 0 Å². The molecule has 3 rings (SSSR count). The highest BCUT2D eigenvalue weighted by molar-refractivity contribution is 5.95. The Morgan fingerprint density at radius 1 is 1.45 bits per heavy atom. The largest absolute Gasteiger partial charge is 0.354 e. The molecule has 2 amide bonds. The van der Waals surface area contributed by atoms with Gasteiger partial charge in [0, 0.05) is 19.3 Å². The lowest BCUT2D eigenvalue weighted by atomic mass is 9.91. The summed E-state index contributed by atoms with van der Waals surface area (Å²) in [5.74, 6) is -3.44. The number of piperidine rings is 1. The highest BCUT2D eigenvalue weighted by Crippen LogP contribution is 2.29. The molecule has 0 radical (unpaired) electrons. The van der Waals surface area contributed by atoms with Crippen LogP contribution in [0.3, 0.4) is 0 Å². The van der Waals surface area contributed by atoms with E-state index in [0.29, 0.717) is 25.9 Å². The summed E-state index contributed by atoms with van der Waals surface area (Å²) in [6, 6.07) is 0.883. The van der Waals surface area contributed by atoms with Crippen molar-refractivity contribution in [2.45, 2.75) is 18.9 Å². The van der Waals surface area contributed by atoms with E-state index in [4.69, 9.17) is 0 Å². The smallest absolute Gasteiger partial charge is 0.257 e. The van der Waals surface area contributed by atoms with Crippen molar-refractivity contribution in [3.8, 4) is 0 Å². The van der Waals surface area contributed by atoms with E-state index in [1.54, 1.807) is 0 Å². The number of fused-ring (bicyclic) bond motifs is 1. The quantitative estimate of drug-likeness (QED) is 0.771. The Balaban J connectivity index is 1.90. The standard InChI is InChI=1S/C13H13F2N3O2/c14-10-8(3-4-16-11(10)15)13(20)18-5-1-2-7-9(18)6-17-12(7)19/h3-4,7,9H,1-2,5-6H2,(H,17,19).